The van der Waals surface area contributed by atoms with Crippen LogP contribution < -0.4 is 4.74 Å². The molecule has 3 aromatic heterocycles. The molecule has 0 aliphatic rings. The lowest BCUT2D eigenvalue weighted by Crippen LogP contribution is -2.07. The van der Waals surface area contributed by atoms with Gasteiger partial charge in [-0.1, -0.05) is 17.8 Å². The van der Waals surface area contributed by atoms with Crippen LogP contribution in [0.5, 0.6) is 5.88 Å². The van der Waals surface area contributed by atoms with Crippen LogP contribution in [0.3, 0.4) is 0 Å². The highest BCUT2D eigenvalue weighted by atomic mass is 32.2. The largest absolute Gasteiger partial charge is 0.479 e. The fourth-order valence-corrected chi connectivity index (χ4v) is 3.25. The molecule has 3 rings (SSSR count). The van der Waals surface area contributed by atoms with Gasteiger partial charge in [0.15, 0.2) is 11.0 Å². The van der Waals surface area contributed by atoms with Crippen LogP contribution in [0, 0.1) is 0 Å². The van der Waals surface area contributed by atoms with Crippen LogP contribution in [-0.2, 0) is 24.1 Å². The molecule has 25 heavy (non-hydrogen) atoms. The molecule has 3 aromatic rings. The number of ether oxygens (including phenoxy) is 2. The molecule has 0 saturated carbocycles. The van der Waals surface area contributed by atoms with Gasteiger partial charge in [-0.25, -0.2) is 0 Å². The van der Waals surface area contributed by atoms with Crippen LogP contribution in [0.4, 0.5) is 0 Å². The van der Waals surface area contributed by atoms with Gasteiger partial charge in [0.25, 0.3) is 0 Å². The SMILES string of the molecule is COCCn1c(SCc2ccccn2)nnc1-c1cn(C)nc1OC. The van der Waals surface area contributed by atoms with Gasteiger partial charge in [0.2, 0.25) is 5.88 Å². The monoisotopic (exact) mass is 360 g/mol. The molecule has 0 fully saturated rings. The zero-order valence-corrected chi connectivity index (χ0v) is 15.2. The Kier molecular flexibility index (Phi) is 5.67. The van der Waals surface area contributed by atoms with E-state index in [2.05, 4.69) is 20.3 Å². The molecular weight excluding hydrogens is 340 g/mol. The molecule has 8 nitrogen and oxygen atoms in total. The number of nitrogens with zero attached hydrogens (tertiary/aromatic N) is 6. The molecule has 0 bridgehead atoms. The summed E-state index contributed by atoms with van der Waals surface area (Å²) in [5.41, 5.74) is 1.80. The zero-order valence-electron chi connectivity index (χ0n) is 14.4. The van der Waals surface area contributed by atoms with E-state index in [0.717, 1.165) is 22.2 Å². The minimum Gasteiger partial charge on any atom is -0.479 e. The summed E-state index contributed by atoms with van der Waals surface area (Å²) in [5.74, 6) is 1.95. The quantitative estimate of drug-likeness (QED) is 0.569. The Morgan fingerprint density at radius 1 is 1.20 bits per heavy atom. The first-order chi connectivity index (χ1) is 12.2. The van der Waals surface area contributed by atoms with E-state index in [4.69, 9.17) is 9.47 Å². The smallest absolute Gasteiger partial charge is 0.243 e. The summed E-state index contributed by atoms with van der Waals surface area (Å²) in [4.78, 5) is 4.35. The lowest BCUT2D eigenvalue weighted by atomic mass is 10.3. The van der Waals surface area contributed by atoms with Crippen molar-refractivity contribution in [3.63, 3.8) is 0 Å². The molecule has 9 heteroatoms. The molecule has 132 valence electrons. The lowest BCUT2D eigenvalue weighted by molar-refractivity contribution is 0.185. The van der Waals surface area contributed by atoms with Crippen molar-refractivity contribution >= 4 is 11.8 Å². The molecule has 0 aliphatic heterocycles. The first-order valence-corrected chi connectivity index (χ1v) is 8.74. The number of methoxy groups -OCH3 is 2. The minimum absolute atomic E-state index is 0.523. The van der Waals surface area contributed by atoms with Crippen molar-refractivity contribution in [1.29, 1.82) is 0 Å². The third kappa shape index (κ3) is 3.99. The Hall–Kier alpha value is -2.39. The van der Waals surface area contributed by atoms with Gasteiger partial charge < -0.3 is 9.47 Å². The van der Waals surface area contributed by atoms with Crippen molar-refractivity contribution in [1.82, 2.24) is 29.5 Å². The van der Waals surface area contributed by atoms with Gasteiger partial charge in [-0.2, -0.15) is 0 Å². The number of aryl methyl sites for hydroxylation is 1. The highest BCUT2D eigenvalue weighted by Gasteiger charge is 2.20. The predicted molar refractivity (Wildman–Crippen MR) is 94.5 cm³/mol. The Balaban J connectivity index is 1.89. The van der Waals surface area contributed by atoms with E-state index in [1.807, 2.05) is 36.0 Å². The van der Waals surface area contributed by atoms with Crippen LogP contribution in [0.15, 0.2) is 35.7 Å². The second-order valence-corrected chi connectivity index (χ2v) is 6.23. The van der Waals surface area contributed by atoms with Gasteiger partial charge in [-0.05, 0) is 12.1 Å². The lowest BCUT2D eigenvalue weighted by Gasteiger charge is -2.09. The first-order valence-electron chi connectivity index (χ1n) is 7.75. The standard InChI is InChI=1S/C16H20N6O2S/c1-21-10-13(15(20-21)24-3)14-18-19-16(22(14)8-9-23-2)25-11-12-6-4-5-7-17-12/h4-7,10H,8-9,11H2,1-3H3. The van der Waals surface area contributed by atoms with Crippen molar-refractivity contribution in [2.45, 2.75) is 17.5 Å². The third-order valence-corrected chi connectivity index (χ3v) is 4.54. The highest BCUT2D eigenvalue weighted by Crippen LogP contribution is 2.30. The fourth-order valence-electron chi connectivity index (χ4n) is 2.37. The molecule has 0 saturated heterocycles. The maximum Gasteiger partial charge on any atom is 0.243 e. The predicted octanol–water partition coefficient (Wildman–Crippen LogP) is 2.02. The average Bonchev–Trinajstić information content (AvgIpc) is 3.21. The molecule has 0 aromatic carbocycles. The van der Waals surface area contributed by atoms with Crippen LogP contribution in [0.2, 0.25) is 0 Å². The van der Waals surface area contributed by atoms with Crippen molar-refractivity contribution in [3.05, 3.63) is 36.3 Å². The molecule has 0 atom stereocenters. The van der Waals surface area contributed by atoms with Gasteiger partial charge in [-0.3, -0.25) is 14.2 Å². The number of aromatic nitrogens is 6. The maximum atomic E-state index is 5.36. The number of thioether (sulfide) groups is 1. The zero-order chi connectivity index (χ0) is 17.6. The Morgan fingerprint density at radius 2 is 2.08 bits per heavy atom. The van der Waals surface area contributed by atoms with E-state index in [-0.39, 0.29) is 0 Å². The van der Waals surface area contributed by atoms with E-state index in [0.29, 0.717) is 24.9 Å². The molecule has 0 aliphatic carbocycles. The maximum absolute atomic E-state index is 5.36. The van der Waals surface area contributed by atoms with E-state index in [1.165, 1.54) is 0 Å². The third-order valence-electron chi connectivity index (χ3n) is 3.54. The summed E-state index contributed by atoms with van der Waals surface area (Å²) in [6, 6.07) is 5.88. The van der Waals surface area contributed by atoms with Crippen LogP contribution in [0.25, 0.3) is 11.4 Å². The summed E-state index contributed by atoms with van der Waals surface area (Å²) in [5, 5.41) is 13.8. The molecule has 0 N–H and O–H groups in total. The Bertz CT molecular complexity index is 817. The second-order valence-electron chi connectivity index (χ2n) is 5.29. The van der Waals surface area contributed by atoms with Crippen LogP contribution in [0.1, 0.15) is 5.69 Å². The van der Waals surface area contributed by atoms with Gasteiger partial charge in [-0.15, -0.1) is 15.3 Å². The van der Waals surface area contributed by atoms with Gasteiger partial charge >= 0.3 is 0 Å². The highest BCUT2D eigenvalue weighted by molar-refractivity contribution is 7.98. The summed E-state index contributed by atoms with van der Waals surface area (Å²) in [6.45, 7) is 1.20. The summed E-state index contributed by atoms with van der Waals surface area (Å²) < 4.78 is 14.3. The van der Waals surface area contributed by atoms with Crippen LogP contribution >= 0.6 is 11.8 Å². The molecule has 0 spiro atoms. The minimum atomic E-state index is 0.523. The van der Waals surface area contributed by atoms with Crippen molar-refractivity contribution in [2.24, 2.45) is 7.05 Å². The first kappa shape index (κ1) is 17.4. The topological polar surface area (TPSA) is 79.9 Å². The van der Waals surface area contributed by atoms with Crippen LogP contribution in [-0.4, -0.2) is 50.4 Å². The molecule has 0 radical (unpaired) electrons. The fraction of sp³-hybridized carbons (Fsp3) is 0.375. The van der Waals surface area contributed by atoms with E-state index in [9.17, 15) is 0 Å². The normalized spacial score (nSPS) is 11.0. The van der Waals surface area contributed by atoms with Crippen molar-refractivity contribution in [3.8, 4) is 17.3 Å². The van der Waals surface area contributed by atoms with Crippen molar-refractivity contribution < 1.29 is 9.47 Å². The average molecular weight is 360 g/mol. The number of pyridine rings is 1. The summed E-state index contributed by atoms with van der Waals surface area (Å²) in [6.07, 6.45) is 3.66. The molecular formula is C16H20N6O2S. The summed E-state index contributed by atoms with van der Waals surface area (Å²) >= 11 is 1.59. The van der Waals surface area contributed by atoms with Crippen molar-refractivity contribution in [2.75, 3.05) is 20.8 Å². The molecule has 0 amide bonds. The number of rotatable bonds is 8. The van der Waals surface area contributed by atoms with Gasteiger partial charge in [0.1, 0.15) is 5.56 Å². The number of hydrogen-bond acceptors (Lipinski definition) is 7. The molecule has 0 unspecified atom stereocenters. The van der Waals surface area contributed by atoms with E-state index in [1.54, 1.807) is 36.9 Å². The van der Waals surface area contributed by atoms with E-state index < -0.39 is 0 Å². The number of hydrogen-bond donors (Lipinski definition) is 0. The Morgan fingerprint density at radius 3 is 2.80 bits per heavy atom. The second kappa shape index (κ2) is 8.13. The van der Waals surface area contributed by atoms with E-state index >= 15 is 0 Å². The molecule has 3 heterocycles. The summed E-state index contributed by atoms with van der Waals surface area (Å²) in [7, 11) is 5.12. The Labute approximate surface area is 150 Å². The van der Waals surface area contributed by atoms with Gasteiger partial charge in [0, 0.05) is 32.3 Å². The van der Waals surface area contributed by atoms with Gasteiger partial charge in [0.05, 0.1) is 26.0 Å².